The van der Waals surface area contributed by atoms with E-state index in [1.807, 2.05) is 6.07 Å². The van der Waals surface area contributed by atoms with Crippen molar-refractivity contribution in [2.45, 2.75) is 6.54 Å². The quantitative estimate of drug-likeness (QED) is 0.908. The molecule has 2 N–H and O–H groups in total. The Hall–Kier alpha value is -1.20. The molecule has 0 saturated heterocycles. The number of aromatic amines is 1. The second-order valence-corrected chi connectivity index (χ2v) is 4.65. The first-order chi connectivity index (χ1) is 8.20. The molecule has 1 aromatic heterocycles. The van der Waals surface area contributed by atoms with Gasteiger partial charge >= 0.3 is 0 Å². The number of methoxy groups -OCH3 is 1. The molecular formula is C11H11BrClN3O. The number of halogens is 2. The van der Waals surface area contributed by atoms with E-state index in [2.05, 4.69) is 31.2 Å². The summed E-state index contributed by atoms with van der Waals surface area (Å²) in [4.78, 5) is 7.14. The van der Waals surface area contributed by atoms with Crippen molar-refractivity contribution in [3.8, 4) is 5.75 Å². The topological polar surface area (TPSA) is 49.9 Å². The number of anilines is 1. The van der Waals surface area contributed by atoms with Gasteiger partial charge in [-0.1, -0.05) is 11.6 Å². The molecule has 4 nitrogen and oxygen atoms in total. The Morgan fingerprint density at radius 3 is 3.00 bits per heavy atom. The number of hydrogen-bond donors (Lipinski definition) is 2. The van der Waals surface area contributed by atoms with Crippen molar-refractivity contribution in [3.05, 3.63) is 39.8 Å². The van der Waals surface area contributed by atoms with Crippen LogP contribution in [-0.2, 0) is 6.54 Å². The van der Waals surface area contributed by atoms with Crippen LogP contribution in [0.1, 0.15) is 5.82 Å². The highest BCUT2D eigenvalue weighted by Gasteiger charge is 2.09. The van der Waals surface area contributed by atoms with Crippen LogP contribution >= 0.6 is 27.5 Å². The molecule has 0 aliphatic heterocycles. The summed E-state index contributed by atoms with van der Waals surface area (Å²) in [7, 11) is 1.62. The summed E-state index contributed by atoms with van der Waals surface area (Å²) in [6.07, 6.45) is 3.49. The van der Waals surface area contributed by atoms with Crippen LogP contribution in [0.2, 0.25) is 5.02 Å². The molecular weight excluding hydrogens is 305 g/mol. The zero-order valence-corrected chi connectivity index (χ0v) is 11.5. The van der Waals surface area contributed by atoms with Gasteiger partial charge in [0.15, 0.2) is 5.75 Å². The Labute approximate surface area is 112 Å². The molecule has 0 saturated carbocycles. The molecule has 1 heterocycles. The van der Waals surface area contributed by atoms with Crippen molar-refractivity contribution in [2.75, 3.05) is 12.4 Å². The Kier molecular flexibility index (Phi) is 3.91. The average molecular weight is 317 g/mol. The molecule has 0 aliphatic rings. The van der Waals surface area contributed by atoms with Crippen LogP contribution in [0.25, 0.3) is 0 Å². The van der Waals surface area contributed by atoms with Crippen molar-refractivity contribution in [2.24, 2.45) is 0 Å². The van der Waals surface area contributed by atoms with Crippen LogP contribution in [0.15, 0.2) is 29.0 Å². The van der Waals surface area contributed by atoms with E-state index in [0.717, 1.165) is 21.7 Å². The van der Waals surface area contributed by atoms with Crippen molar-refractivity contribution in [3.63, 3.8) is 0 Å². The standard InChI is InChI=1S/C11H11BrClN3O/c1-17-11-8(12)4-7(13)5-9(11)16-6-10-14-2-3-15-10/h2-5,16H,6H2,1H3,(H,14,15). The Morgan fingerprint density at radius 2 is 2.35 bits per heavy atom. The largest absolute Gasteiger partial charge is 0.493 e. The minimum Gasteiger partial charge on any atom is -0.493 e. The van der Waals surface area contributed by atoms with Crippen LogP contribution in [0.4, 0.5) is 5.69 Å². The van der Waals surface area contributed by atoms with Crippen LogP contribution in [0.3, 0.4) is 0 Å². The average Bonchev–Trinajstić information content (AvgIpc) is 2.78. The van der Waals surface area contributed by atoms with Gasteiger partial charge < -0.3 is 15.0 Å². The van der Waals surface area contributed by atoms with E-state index in [4.69, 9.17) is 16.3 Å². The summed E-state index contributed by atoms with van der Waals surface area (Å²) >= 11 is 9.39. The number of nitrogens with one attached hydrogen (secondary N) is 2. The first kappa shape index (κ1) is 12.3. The predicted molar refractivity (Wildman–Crippen MR) is 71.6 cm³/mol. The van der Waals surface area contributed by atoms with Gasteiger partial charge in [-0.15, -0.1) is 0 Å². The first-order valence-corrected chi connectivity index (χ1v) is 6.13. The molecule has 0 unspecified atom stereocenters. The molecule has 17 heavy (non-hydrogen) atoms. The second kappa shape index (κ2) is 5.42. The second-order valence-electron chi connectivity index (χ2n) is 3.36. The van der Waals surface area contributed by atoms with Crippen molar-refractivity contribution < 1.29 is 4.74 Å². The number of benzene rings is 1. The van der Waals surface area contributed by atoms with E-state index < -0.39 is 0 Å². The summed E-state index contributed by atoms with van der Waals surface area (Å²) in [5.41, 5.74) is 0.822. The van der Waals surface area contributed by atoms with Crippen LogP contribution in [0.5, 0.6) is 5.75 Å². The predicted octanol–water partition coefficient (Wildman–Crippen LogP) is 3.45. The minimum absolute atomic E-state index is 0.580. The molecule has 0 fully saturated rings. The van der Waals surface area contributed by atoms with Crippen LogP contribution in [-0.4, -0.2) is 17.1 Å². The van der Waals surface area contributed by atoms with E-state index in [0.29, 0.717) is 11.6 Å². The zero-order valence-electron chi connectivity index (χ0n) is 9.13. The third-order valence-corrected chi connectivity index (χ3v) is 3.02. The fourth-order valence-corrected chi connectivity index (χ4v) is 2.44. The van der Waals surface area contributed by atoms with Crippen LogP contribution < -0.4 is 10.1 Å². The third-order valence-electron chi connectivity index (χ3n) is 2.21. The van der Waals surface area contributed by atoms with Gasteiger partial charge in [0.1, 0.15) is 5.82 Å². The lowest BCUT2D eigenvalue weighted by Crippen LogP contribution is -2.03. The smallest absolute Gasteiger partial charge is 0.156 e. The molecule has 0 aliphatic carbocycles. The molecule has 0 spiro atoms. The normalized spacial score (nSPS) is 10.3. The van der Waals surface area contributed by atoms with E-state index >= 15 is 0 Å². The summed E-state index contributed by atoms with van der Waals surface area (Å²) in [6, 6.07) is 3.60. The lowest BCUT2D eigenvalue weighted by molar-refractivity contribution is 0.414. The lowest BCUT2D eigenvalue weighted by atomic mass is 10.3. The van der Waals surface area contributed by atoms with E-state index in [1.165, 1.54) is 0 Å². The summed E-state index contributed by atoms with van der Waals surface area (Å²) in [5, 5.41) is 3.85. The highest BCUT2D eigenvalue weighted by molar-refractivity contribution is 9.10. The molecule has 0 atom stereocenters. The molecule has 1 aromatic carbocycles. The minimum atomic E-state index is 0.580. The van der Waals surface area contributed by atoms with E-state index in [1.54, 1.807) is 25.6 Å². The highest BCUT2D eigenvalue weighted by atomic mass is 79.9. The van der Waals surface area contributed by atoms with E-state index in [-0.39, 0.29) is 0 Å². The molecule has 0 amide bonds. The Balaban J connectivity index is 2.19. The van der Waals surface area contributed by atoms with Gasteiger partial charge in [-0.2, -0.15) is 0 Å². The number of H-pyrrole nitrogens is 1. The lowest BCUT2D eigenvalue weighted by Gasteiger charge is -2.12. The van der Waals surface area contributed by atoms with Crippen LogP contribution in [0, 0.1) is 0 Å². The van der Waals surface area contributed by atoms with Gasteiger partial charge in [-0.3, -0.25) is 0 Å². The maximum absolute atomic E-state index is 5.99. The fraction of sp³-hybridized carbons (Fsp3) is 0.182. The molecule has 0 bridgehead atoms. The van der Waals surface area contributed by atoms with Crippen molar-refractivity contribution in [1.29, 1.82) is 0 Å². The number of nitrogens with zero attached hydrogens (tertiary/aromatic N) is 1. The molecule has 2 aromatic rings. The third kappa shape index (κ3) is 2.92. The monoisotopic (exact) mass is 315 g/mol. The summed E-state index contributed by atoms with van der Waals surface area (Å²) in [5.74, 6) is 1.57. The van der Waals surface area contributed by atoms with Gasteiger partial charge in [-0.25, -0.2) is 4.98 Å². The van der Waals surface area contributed by atoms with Gasteiger partial charge in [0.25, 0.3) is 0 Å². The summed E-state index contributed by atoms with van der Waals surface area (Å²) < 4.78 is 6.12. The Bertz CT molecular complexity index is 502. The first-order valence-electron chi connectivity index (χ1n) is 4.96. The number of ether oxygens (including phenoxy) is 1. The summed E-state index contributed by atoms with van der Waals surface area (Å²) in [6.45, 7) is 0.580. The van der Waals surface area contributed by atoms with Gasteiger partial charge in [0, 0.05) is 17.4 Å². The van der Waals surface area contributed by atoms with Gasteiger partial charge in [0.2, 0.25) is 0 Å². The van der Waals surface area contributed by atoms with E-state index in [9.17, 15) is 0 Å². The molecule has 6 heteroatoms. The van der Waals surface area contributed by atoms with Crippen molar-refractivity contribution >= 4 is 33.2 Å². The SMILES string of the molecule is COc1c(Br)cc(Cl)cc1NCc1ncc[nH]1. The zero-order chi connectivity index (χ0) is 12.3. The number of rotatable bonds is 4. The van der Waals surface area contributed by atoms with Gasteiger partial charge in [-0.05, 0) is 28.1 Å². The molecule has 90 valence electrons. The Morgan fingerprint density at radius 1 is 1.53 bits per heavy atom. The molecule has 2 rings (SSSR count). The maximum Gasteiger partial charge on any atom is 0.156 e. The fourth-order valence-electron chi connectivity index (χ4n) is 1.47. The molecule has 0 radical (unpaired) electrons. The van der Waals surface area contributed by atoms with Gasteiger partial charge in [0.05, 0.1) is 23.8 Å². The number of aromatic nitrogens is 2. The van der Waals surface area contributed by atoms with Crippen molar-refractivity contribution in [1.82, 2.24) is 9.97 Å². The number of imidazole rings is 1. The maximum atomic E-state index is 5.99. The highest BCUT2D eigenvalue weighted by Crippen LogP contribution is 2.36. The number of hydrogen-bond acceptors (Lipinski definition) is 3.